The van der Waals surface area contributed by atoms with Gasteiger partial charge in [-0.3, -0.25) is 0 Å². The Bertz CT molecular complexity index is 312. The van der Waals surface area contributed by atoms with Gasteiger partial charge < -0.3 is 31.8 Å². The minimum Gasteiger partial charge on any atom is -0.508 e. The fourth-order valence-electron chi connectivity index (χ4n) is 2.34. The zero-order valence-electron chi connectivity index (χ0n) is 22.8. The average molecular weight is 483 g/mol. The molecule has 0 heterocycles. The van der Waals surface area contributed by atoms with Crippen LogP contribution >= 0.6 is 0 Å². The van der Waals surface area contributed by atoms with Gasteiger partial charge in [-0.15, -0.1) is 0 Å². The zero-order valence-corrected chi connectivity index (χ0v) is 24.4. The maximum Gasteiger partial charge on any atom is 4.00 e. The topological polar surface area (TPSA) is 20.2 Å². The maximum absolute atomic E-state index is 8.63. The Morgan fingerprint density at radius 1 is 0.594 bits per heavy atom. The quantitative estimate of drug-likeness (QED) is 0.178. The maximum atomic E-state index is 8.63. The van der Waals surface area contributed by atoms with Crippen LogP contribution < -0.4 is 0 Å². The fraction of sp³-hybridized carbons (Fsp3) is 0.667. The molecule has 0 aliphatic heterocycles. The molecule has 1 aromatic rings. The molecule has 188 valence electrons. The van der Waals surface area contributed by atoms with Crippen molar-refractivity contribution in [2.45, 2.75) is 131 Å². The summed E-state index contributed by atoms with van der Waals surface area (Å²) in [6.45, 7) is 20.1. The van der Waals surface area contributed by atoms with Crippen LogP contribution in [0.25, 0.3) is 0 Å². The summed E-state index contributed by atoms with van der Waals surface area (Å²) in [5.41, 5.74) is 0. The van der Waals surface area contributed by atoms with E-state index in [1.807, 2.05) is 46.6 Å². The van der Waals surface area contributed by atoms with Gasteiger partial charge in [0.05, 0.1) is 0 Å². The van der Waals surface area contributed by atoms with Gasteiger partial charge in [0.1, 0.15) is 5.75 Å². The van der Waals surface area contributed by atoms with Gasteiger partial charge in [0.15, 0.2) is 0 Å². The molecule has 0 spiro atoms. The van der Waals surface area contributed by atoms with Crippen molar-refractivity contribution in [3.63, 3.8) is 0 Å². The van der Waals surface area contributed by atoms with Crippen molar-refractivity contribution in [2.75, 3.05) is 0 Å². The Balaban J connectivity index is -0.000000100. The Morgan fingerprint density at radius 3 is 1.09 bits per heavy atom. The third kappa shape index (κ3) is 63.0. The van der Waals surface area contributed by atoms with Gasteiger partial charge in [-0.2, -0.15) is 40.5 Å². The van der Waals surface area contributed by atoms with Crippen molar-refractivity contribution >= 4 is 0 Å². The van der Waals surface area contributed by atoms with E-state index in [9.17, 15) is 0 Å². The molecule has 0 aromatic heterocycles. The predicted molar refractivity (Wildman–Crippen MR) is 146 cm³/mol. The molecule has 0 fully saturated rings. The van der Waals surface area contributed by atoms with E-state index in [1.165, 1.54) is 77.0 Å². The Morgan fingerprint density at radius 2 is 0.875 bits per heavy atom. The number of phenolic OH excluding ortho intramolecular Hbond substituents is 1. The monoisotopic (exact) mass is 482 g/mol. The van der Waals surface area contributed by atoms with Crippen molar-refractivity contribution in [3.8, 4) is 5.75 Å². The molecule has 32 heavy (non-hydrogen) atoms. The first-order valence-electron chi connectivity index (χ1n) is 12.9. The molecule has 0 aliphatic rings. The number of aromatic hydroxyl groups is 1. The first-order chi connectivity index (χ1) is 15.1. The third-order valence-electron chi connectivity index (χ3n) is 3.96. The molecular formula is C30H58OTi. The van der Waals surface area contributed by atoms with Crippen molar-refractivity contribution in [3.05, 3.63) is 57.0 Å². The summed E-state index contributed by atoms with van der Waals surface area (Å²) >= 11 is 0. The van der Waals surface area contributed by atoms with E-state index in [-0.39, 0.29) is 21.7 Å². The molecule has 1 aromatic carbocycles. The molecule has 0 saturated heterocycles. The van der Waals surface area contributed by atoms with Crippen LogP contribution in [0.1, 0.15) is 131 Å². The molecule has 1 N–H and O–H groups in total. The Kier molecular flexibility index (Phi) is 63.2. The molecule has 0 aliphatic carbocycles. The summed E-state index contributed by atoms with van der Waals surface area (Å²) in [4.78, 5) is 0. The molecule has 2 heteroatoms. The van der Waals surface area contributed by atoms with Gasteiger partial charge in [-0.25, -0.2) is 0 Å². The van der Waals surface area contributed by atoms with E-state index in [0.29, 0.717) is 5.75 Å². The van der Waals surface area contributed by atoms with Crippen molar-refractivity contribution in [1.82, 2.24) is 0 Å². The van der Waals surface area contributed by atoms with Crippen molar-refractivity contribution in [1.29, 1.82) is 0 Å². The predicted octanol–water partition coefficient (Wildman–Crippen LogP) is 11.0. The van der Waals surface area contributed by atoms with Crippen LogP contribution in [0.4, 0.5) is 0 Å². The summed E-state index contributed by atoms with van der Waals surface area (Å²) in [5.74, 6) is 0.322. The molecule has 0 unspecified atom stereocenters. The smallest absolute Gasteiger partial charge is 0.508 e. The summed E-state index contributed by atoms with van der Waals surface area (Å²) in [7, 11) is 0. The van der Waals surface area contributed by atoms with Gasteiger partial charge in [0.2, 0.25) is 0 Å². The standard InChI is InChI=1S/2C9H19.C6H6O.2C3H7.Ti/c2*1-3-5-7-9-8-6-4-2;7-6-4-2-1-3-5-6;2*1-3-2;/h2*1,3-9H2,2H3;1-5,7H;2*3H,1-2H3;/q2*-1;;2*-1;+4. The Labute approximate surface area is 220 Å². The van der Waals surface area contributed by atoms with Crippen LogP contribution in [-0.4, -0.2) is 5.11 Å². The van der Waals surface area contributed by atoms with Crippen LogP contribution in [-0.2, 0) is 21.7 Å². The largest absolute Gasteiger partial charge is 4.00 e. The summed E-state index contributed by atoms with van der Waals surface area (Å²) in [5, 5.41) is 8.63. The van der Waals surface area contributed by atoms with Gasteiger partial charge in [-0.1, -0.05) is 109 Å². The molecular weight excluding hydrogens is 424 g/mol. The normalized spacial score (nSPS) is 8.62. The van der Waals surface area contributed by atoms with Crippen LogP contribution in [0.15, 0.2) is 30.3 Å². The minimum absolute atomic E-state index is 0. The van der Waals surface area contributed by atoms with Crippen molar-refractivity contribution in [2.24, 2.45) is 0 Å². The molecule has 0 amide bonds. The van der Waals surface area contributed by atoms with Crippen LogP contribution in [0.5, 0.6) is 5.75 Å². The molecule has 1 nitrogen and oxygen atoms in total. The summed E-state index contributed by atoms with van der Waals surface area (Å²) in [6, 6.07) is 8.71. The number of rotatable bonds is 12. The Hall–Kier alpha value is -0.266. The van der Waals surface area contributed by atoms with E-state index in [1.54, 1.807) is 24.3 Å². The fourth-order valence-corrected chi connectivity index (χ4v) is 2.34. The van der Waals surface area contributed by atoms with Gasteiger partial charge in [0, 0.05) is 0 Å². The first-order valence-corrected chi connectivity index (χ1v) is 12.9. The molecule has 0 saturated carbocycles. The number of unbranched alkanes of at least 4 members (excludes halogenated alkanes) is 12. The molecule has 1 rings (SSSR count). The minimum atomic E-state index is 0. The average Bonchev–Trinajstić information content (AvgIpc) is 2.76. The van der Waals surface area contributed by atoms with Crippen molar-refractivity contribution < 1.29 is 26.8 Å². The summed E-state index contributed by atoms with van der Waals surface area (Å²) in [6.07, 6.45) is 22.9. The zero-order chi connectivity index (χ0) is 24.4. The van der Waals surface area contributed by atoms with Crippen LogP contribution in [0.3, 0.4) is 0 Å². The second-order valence-corrected chi connectivity index (χ2v) is 7.73. The molecule has 0 bridgehead atoms. The van der Waals surface area contributed by atoms with E-state index in [4.69, 9.17) is 5.11 Å². The molecule has 0 atom stereocenters. The van der Waals surface area contributed by atoms with Crippen LogP contribution in [0, 0.1) is 26.7 Å². The molecule has 0 radical (unpaired) electrons. The third-order valence-corrected chi connectivity index (χ3v) is 3.96. The van der Waals surface area contributed by atoms with E-state index in [2.05, 4.69) is 27.7 Å². The number of phenols is 1. The van der Waals surface area contributed by atoms with Gasteiger partial charge in [0.25, 0.3) is 0 Å². The SMILES string of the molecule is C[CH-]C.C[CH-]C.Oc1ccccc1.[CH2-]CCCCCCCC.[CH2-]CCCCCCCC.[Ti+4]. The van der Waals surface area contributed by atoms with Gasteiger partial charge >= 0.3 is 21.7 Å². The number of benzene rings is 1. The second kappa shape index (κ2) is 48.2. The van der Waals surface area contributed by atoms with E-state index in [0.717, 1.165) is 12.8 Å². The van der Waals surface area contributed by atoms with Gasteiger partial charge in [-0.05, 0) is 12.1 Å². The summed E-state index contributed by atoms with van der Waals surface area (Å²) < 4.78 is 0. The van der Waals surface area contributed by atoms with E-state index < -0.39 is 0 Å². The first kappa shape index (κ1) is 41.9. The van der Waals surface area contributed by atoms with E-state index >= 15 is 0 Å². The number of hydrogen-bond acceptors (Lipinski definition) is 1. The van der Waals surface area contributed by atoms with Crippen LogP contribution in [0.2, 0.25) is 0 Å². The number of para-hydroxylation sites is 1. The second-order valence-electron chi connectivity index (χ2n) is 7.73. The number of hydrogen-bond donors (Lipinski definition) is 1.